The second-order valence-corrected chi connectivity index (χ2v) is 7.36. The highest BCUT2D eigenvalue weighted by atomic mass is 16.1. The molecule has 3 aromatic carbocycles. The molecule has 0 unspecified atom stereocenters. The predicted octanol–water partition coefficient (Wildman–Crippen LogP) is 4.77. The first-order valence-corrected chi connectivity index (χ1v) is 10.2. The summed E-state index contributed by atoms with van der Waals surface area (Å²) >= 11 is 0. The molecule has 0 aliphatic heterocycles. The van der Waals surface area contributed by atoms with Gasteiger partial charge in [0.25, 0.3) is 0 Å². The number of imidazole rings is 1. The Morgan fingerprint density at radius 3 is 2.03 bits per heavy atom. The van der Waals surface area contributed by atoms with E-state index in [-0.39, 0.29) is 11.8 Å². The first-order chi connectivity index (χ1) is 14.8. The van der Waals surface area contributed by atoms with Gasteiger partial charge in [-0.3, -0.25) is 4.79 Å². The minimum absolute atomic E-state index is 0.0357. The number of carbonyl (C=O) groups is 1. The molecule has 0 atom stereocenters. The molecule has 0 aliphatic carbocycles. The molecule has 1 N–H and O–H groups in total. The van der Waals surface area contributed by atoms with Gasteiger partial charge in [-0.15, -0.1) is 0 Å². The number of nitrogens with zero attached hydrogens (tertiary/aromatic N) is 2. The number of rotatable bonds is 8. The molecular formula is C26H25N3O. The maximum atomic E-state index is 12.9. The molecule has 4 heteroatoms. The molecule has 1 amide bonds. The highest BCUT2D eigenvalue weighted by molar-refractivity contribution is 5.77. The number of amides is 1. The summed E-state index contributed by atoms with van der Waals surface area (Å²) in [4.78, 5) is 17.0. The second kappa shape index (κ2) is 9.70. The van der Waals surface area contributed by atoms with Crippen molar-refractivity contribution in [2.45, 2.75) is 25.4 Å². The standard InChI is InChI=1S/C26H25N3O/c30-26(17-25(21-9-3-1-4-10-21)22-11-5-2-6-12-22)28-18-23-13-7-8-14-24(23)19-29-16-15-27-20-29/h1-16,20,25H,17-19H2,(H,28,30). The maximum Gasteiger partial charge on any atom is 0.221 e. The Kier molecular flexibility index (Phi) is 6.35. The Morgan fingerprint density at radius 1 is 0.833 bits per heavy atom. The third-order valence-corrected chi connectivity index (χ3v) is 5.30. The van der Waals surface area contributed by atoms with E-state index >= 15 is 0 Å². The van der Waals surface area contributed by atoms with E-state index in [1.165, 1.54) is 5.56 Å². The van der Waals surface area contributed by atoms with Crippen LogP contribution in [0.1, 0.15) is 34.6 Å². The fourth-order valence-corrected chi connectivity index (χ4v) is 3.71. The van der Waals surface area contributed by atoms with Crippen LogP contribution in [0.25, 0.3) is 0 Å². The molecule has 0 bridgehead atoms. The second-order valence-electron chi connectivity index (χ2n) is 7.36. The number of nitrogens with one attached hydrogen (secondary N) is 1. The van der Waals surface area contributed by atoms with E-state index in [2.05, 4.69) is 46.7 Å². The van der Waals surface area contributed by atoms with Crippen LogP contribution >= 0.6 is 0 Å². The van der Waals surface area contributed by atoms with Crippen LogP contribution in [0.4, 0.5) is 0 Å². The SMILES string of the molecule is O=C(CC(c1ccccc1)c1ccccc1)NCc1ccccc1Cn1ccnc1. The van der Waals surface area contributed by atoms with Gasteiger partial charge in [0.05, 0.1) is 6.33 Å². The van der Waals surface area contributed by atoms with E-state index in [0.717, 1.165) is 23.2 Å². The lowest BCUT2D eigenvalue weighted by molar-refractivity contribution is -0.121. The maximum absolute atomic E-state index is 12.9. The summed E-state index contributed by atoms with van der Waals surface area (Å²) in [6.07, 6.45) is 5.94. The van der Waals surface area contributed by atoms with Crippen molar-refractivity contribution in [1.82, 2.24) is 14.9 Å². The van der Waals surface area contributed by atoms with Gasteiger partial charge in [0.15, 0.2) is 0 Å². The quantitative estimate of drug-likeness (QED) is 0.467. The van der Waals surface area contributed by atoms with E-state index in [9.17, 15) is 4.79 Å². The van der Waals surface area contributed by atoms with Gasteiger partial charge in [-0.1, -0.05) is 84.9 Å². The Hall–Kier alpha value is -3.66. The average molecular weight is 396 g/mol. The summed E-state index contributed by atoms with van der Waals surface area (Å²) in [6, 6.07) is 28.7. The fourth-order valence-electron chi connectivity index (χ4n) is 3.71. The highest BCUT2D eigenvalue weighted by Gasteiger charge is 2.18. The van der Waals surface area contributed by atoms with Crippen molar-refractivity contribution in [3.05, 3.63) is 126 Å². The van der Waals surface area contributed by atoms with Crippen LogP contribution in [0.2, 0.25) is 0 Å². The van der Waals surface area contributed by atoms with E-state index in [1.54, 1.807) is 12.5 Å². The molecule has 0 aliphatic rings. The van der Waals surface area contributed by atoms with E-state index in [1.807, 2.05) is 59.3 Å². The van der Waals surface area contributed by atoms with Crippen molar-refractivity contribution >= 4 is 5.91 Å². The van der Waals surface area contributed by atoms with Gasteiger partial charge in [-0.2, -0.15) is 0 Å². The molecule has 30 heavy (non-hydrogen) atoms. The Morgan fingerprint density at radius 2 is 1.43 bits per heavy atom. The zero-order valence-electron chi connectivity index (χ0n) is 16.8. The molecule has 0 saturated carbocycles. The number of aromatic nitrogens is 2. The Bertz CT molecular complexity index is 1020. The number of hydrogen-bond acceptors (Lipinski definition) is 2. The lowest BCUT2D eigenvalue weighted by Crippen LogP contribution is -2.25. The van der Waals surface area contributed by atoms with Crippen LogP contribution in [-0.2, 0) is 17.9 Å². The van der Waals surface area contributed by atoms with E-state index in [0.29, 0.717) is 13.0 Å². The van der Waals surface area contributed by atoms with Crippen molar-refractivity contribution in [3.8, 4) is 0 Å². The third kappa shape index (κ3) is 5.03. The zero-order valence-corrected chi connectivity index (χ0v) is 16.8. The predicted molar refractivity (Wildman–Crippen MR) is 119 cm³/mol. The summed E-state index contributed by atoms with van der Waals surface area (Å²) in [5.41, 5.74) is 4.60. The zero-order chi connectivity index (χ0) is 20.6. The molecule has 4 rings (SSSR count). The molecule has 1 aromatic heterocycles. The van der Waals surface area contributed by atoms with Crippen LogP contribution in [0.5, 0.6) is 0 Å². The van der Waals surface area contributed by atoms with Crippen LogP contribution in [-0.4, -0.2) is 15.5 Å². The van der Waals surface area contributed by atoms with Crippen molar-refractivity contribution in [1.29, 1.82) is 0 Å². The highest BCUT2D eigenvalue weighted by Crippen LogP contribution is 2.27. The minimum Gasteiger partial charge on any atom is -0.352 e. The monoisotopic (exact) mass is 395 g/mol. The van der Waals surface area contributed by atoms with Crippen molar-refractivity contribution in [2.24, 2.45) is 0 Å². The number of hydrogen-bond donors (Lipinski definition) is 1. The van der Waals surface area contributed by atoms with Gasteiger partial charge >= 0.3 is 0 Å². The number of carbonyl (C=O) groups excluding carboxylic acids is 1. The summed E-state index contributed by atoms with van der Waals surface area (Å²) in [5, 5.41) is 3.13. The van der Waals surface area contributed by atoms with E-state index < -0.39 is 0 Å². The first kappa shape index (κ1) is 19.6. The third-order valence-electron chi connectivity index (χ3n) is 5.30. The molecule has 0 fully saturated rings. The average Bonchev–Trinajstić information content (AvgIpc) is 3.31. The normalized spacial score (nSPS) is 10.8. The lowest BCUT2D eigenvalue weighted by Gasteiger charge is -2.18. The Labute approximate surface area is 177 Å². The van der Waals surface area contributed by atoms with Gasteiger partial charge in [0.2, 0.25) is 5.91 Å². The topological polar surface area (TPSA) is 46.9 Å². The molecular weight excluding hydrogens is 370 g/mol. The molecule has 150 valence electrons. The molecule has 1 heterocycles. The molecule has 4 nitrogen and oxygen atoms in total. The summed E-state index contributed by atoms with van der Waals surface area (Å²) in [7, 11) is 0. The summed E-state index contributed by atoms with van der Waals surface area (Å²) in [5.74, 6) is 0.0822. The number of benzene rings is 3. The first-order valence-electron chi connectivity index (χ1n) is 10.2. The fraction of sp³-hybridized carbons (Fsp3) is 0.154. The van der Waals surface area contributed by atoms with Gasteiger partial charge in [0.1, 0.15) is 0 Å². The van der Waals surface area contributed by atoms with Crippen molar-refractivity contribution in [3.63, 3.8) is 0 Å². The van der Waals surface area contributed by atoms with Gasteiger partial charge < -0.3 is 9.88 Å². The minimum atomic E-state index is 0.0357. The Balaban J connectivity index is 1.45. The molecule has 0 saturated heterocycles. The molecule has 0 radical (unpaired) electrons. The lowest BCUT2D eigenvalue weighted by atomic mass is 9.88. The van der Waals surface area contributed by atoms with Crippen LogP contribution in [0, 0.1) is 0 Å². The van der Waals surface area contributed by atoms with Gasteiger partial charge in [-0.25, -0.2) is 4.98 Å². The van der Waals surface area contributed by atoms with Crippen molar-refractivity contribution < 1.29 is 4.79 Å². The van der Waals surface area contributed by atoms with Crippen LogP contribution < -0.4 is 5.32 Å². The van der Waals surface area contributed by atoms with Gasteiger partial charge in [-0.05, 0) is 22.3 Å². The summed E-state index contributed by atoms with van der Waals surface area (Å²) < 4.78 is 2.03. The molecule has 0 spiro atoms. The van der Waals surface area contributed by atoms with Crippen LogP contribution in [0.15, 0.2) is 104 Å². The smallest absolute Gasteiger partial charge is 0.221 e. The molecule has 4 aromatic rings. The van der Waals surface area contributed by atoms with E-state index in [4.69, 9.17) is 0 Å². The largest absolute Gasteiger partial charge is 0.352 e. The van der Waals surface area contributed by atoms with Crippen LogP contribution in [0.3, 0.4) is 0 Å². The van der Waals surface area contributed by atoms with Gasteiger partial charge in [0, 0.05) is 37.8 Å². The van der Waals surface area contributed by atoms with Crippen molar-refractivity contribution in [2.75, 3.05) is 0 Å². The summed E-state index contributed by atoms with van der Waals surface area (Å²) in [6.45, 7) is 1.25.